The smallest absolute Gasteiger partial charge is 0.416 e. The normalized spacial score (nSPS) is 19.1. The third kappa shape index (κ3) is 2.84. The minimum Gasteiger partial charge on any atom is -0.480 e. The van der Waals surface area contributed by atoms with Crippen LogP contribution in [0.15, 0.2) is 24.3 Å². The fraction of sp³-hybridized carbons (Fsp3) is 0.333. The van der Waals surface area contributed by atoms with Crippen LogP contribution in [0.2, 0.25) is 0 Å². The Morgan fingerprint density at radius 2 is 1.95 bits per heavy atom. The predicted octanol–water partition coefficient (Wildman–Crippen LogP) is 1.68. The molecule has 0 spiro atoms. The Labute approximate surface area is 112 Å². The van der Waals surface area contributed by atoms with Crippen molar-refractivity contribution < 1.29 is 27.9 Å². The summed E-state index contributed by atoms with van der Waals surface area (Å²) in [5.41, 5.74) is -0.358. The van der Waals surface area contributed by atoms with E-state index in [0.29, 0.717) is 5.56 Å². The van der Waals surface area contributed by atoms with Crippen LogP contribution >= 0.6 is 0 Å². The number of benzene rings is 1. The number of amides is 2. The van der Waals surface area contributed by atoms with Crippen LogP contribution in [0.1, 0.15) is 11.1 Å². The first-order valence-corrected chi connectivity index (χ1v) is 5.72. The largest absolute Gasteiger partial charge is 0.480 e. The zero-order valence-corrected chi connectivity index (χ0v) is 10.1. The molecule has 1 aromatic rings. The van der Waals surface area contributed by atoms with Crippen molar-refractivity contribution in [3.8, 4) is 0 Å². The van der Waals surface area contributed by atoms with Gasteiger partial charge in [0.2, 0.25) is 0 Å². The lowest BCUT2D eigenvalue weighted by atomic mass is 10.1. The van der Waals surface area contributed by atoms with Crippen molar-refractivity contribution in [2.75, 3.05) is 6.54 Å². The number of rotatable bonds is 3. The van der Waals surface area contributed by atoms with Gasteiger partial charge in [0.25, 0.3) is 0 Å². The number of hydrogen-bond donors (Lipinski definition) is 2. The van der Waals surface area contributed by atoms with Crippen molar-refractivity contribution in [3.05, 3.63) is 35.4 Å². The summed E-state index contributed by atoms with van der Waals surface area (Å²) in [7, 11) is 0. The molecule has 2 rings (SSSR count). The molecule has 5 nitrogen and oxygen atoms in total. The Hall–Kier alpha value is -2.25. The summed E-state index contributed by atoms with van der Waals surface area (Å²) >= 11 is 0. The molecule has 2 amide bonds. The van der Waals surface area contributed by atoms with E-state index in [9.17, 15) is 22.8 Å². The van der Waals surface area contributed by atoms with Crippen LogP contribution in [0.25, 0.3) is 0 Å². The maximum atomic E-state index is 12.4. The molecule has 108 valence electrons. The number of nitrogens with one attached hydrogen (secondary N) is 1. The van der Waals surface area contributed by atoms with Crippen molar-refractivity contribution in [3.63, 3.8) is 0 Å². The first-order valence-electron chi connectivity index (χ1n) is 5.72. The highest BCUT2D eigenvalue weighted by Crippen LogP contribution is 2.29. The van der Waals surface area contributed by atoms with E-state index in [-0.39, 0.29) is 13.1 Å². The van der Waals surface area contributed by atoms with Gasteiger partial charge in [-0.05, 0) is 17.7 Å². The quantitative estimate of drug-likeness (QED) is 0.889. The Morgan fingerprint density at radius 1 is 1.35 bits per heavy atom. The van der Waals surface area contributed by atoms with Gasteiger partial charge in [0.05, 0.1) is 12.1 Å². The molecule has 1 fully saturated rings. The van der Waals surface area contributed by atoms with Crippen molar-refractivity contribution in [1.82, 2.24) is 10.2 Å². The lowest BCUT2D eigenvalue weighted by Gasteiger charge is -2.20. The molecular formula is C12H11F3N2O3. The van der Waals surface area contributed by atoms with Gasteiger partial charge in [-0.15, -0.1) is 0 Å². The van der Waals surface area contributed by atoms with Gasteiger partial charge in [-0.25, -0.2) is 9.59 Å². The third-order valence-electron chi connectivity index (χ3n) is 3.00. The van der Waals surface area contributed by atoms with E-state index in [4.69, 9.17) is 5.11 Å². The first kappa shape index (κ1) is 14.2. The number of aliphatic carboxylic acids is 1. The van der Waals surface area contributed by atoms with E-state index >= 15 is 0 Å². The summed E-state index contributed by atoms with van der Waals surface area (Å²) in [5.74, 6) is -1.16. The fourth-order valence-electron chi connectivity index (χ4n) is 1.94. The number of carboxylic acids is 1. The second-order valence-electron chi connectivity index (χ2n) is 4.36. The minimum atomic E-state index is -4.42. The second-order valence-corrected chi connectivity index (χ2v) is 4.36. The molecule has 0 aromatic heterocycles. The summed E-state index contributed by atoms with van der Waals surface area (Å²) < 4.78 is 37.2. The summed E-state index contributed by atoms with van der Waals surface area (Å²) in [6.07, 6.45) is -4.42. The fourth-order valence-corrected chi connectivity index (χ4v) is 1.94. The minimum absolute atomic E-state index is 0.0190. The van der Waals surface area contributed by atoms with E-state index in [1.165, 1.54) is 12.1 Å². The highest BCUT2D eigenvalue weighted by Gasteiger charge is 2.36. The zero-order valence-electron chi connectivity index (χ0n) is 10.1. The van der Waals surface area contributed by atoms with E-state index < -0.39 is 29.8 Å². The summed E-state index contributed by atoms with van der Waals surface area (Å²) in [4.78, 5) is 23.5. The Balaban J connectivity index is 2.13. The van der Waals surface area contributed by atoms with Crippen LogP contribution in [-0.2, 0) is 17.5 Å². The molecule has 1 aliphatic heterocycles. The number of carbonyl (C=O) groups excluding carboxylic acids is 1. The van der Waals surface area contributed by atoms with Gasteiger partial charge in [-0.2, -0.15) is 13.2 Å². The first-order chi connectivity index (χ1) is 9.29. The monoisotopic (exact) mass is 288 g/mol. The number of urea groups is 1. The molecule has 1 heterocycles. The molecule has 0 saturated carbocycles. The average molecular weight is 288 g/mol. The van der Waals surface area contributed by atoms with E-state index in [1.54, 1.807) is 0 Å². The molecule has 1 saturated heterocycles. The summed E-state index contributed by atoms with van der Waals surface area (Å²) in [6.45, 7) is -0.0737. The molecule has 0 aliphatic carbocycles. The lowest BCUT2D eigenvalue weighted by Crippen LogP contribution is -2.38. The van der Waals surface area contributed by atoms with E-state index in [1.807, 2.05) is 0 Å². The Bertz CT molecular complexity index is 528. The molecule has 1 atom stereocenters. The van der Waals surface area contributed by atoms with Crippen LogP contribution < -0.4 is 5.32 Å². The van der Waals surface area contributed by atoms with Gasteiger partial charge in [0.15, 0.2) is 0 Å². The maximum absolute atomic E-state index is 12.4. The molecule has 8 heteroatoms. The number of halogens is 3. The van der Waals surface area contributed by atoms with Crippen LogP contribution in [0, 0.1) is 0 Å². The molecule has 1 aromatic carbocycles. The maximum Gasteiger partial charge on any atom is 0.416 e. The van der Waals surface area contributed by atoms with Crippen LogP contribution in [0.3, 0.4) is 0 Å². The molecule has 0 bridgehead atoms. The summed E-state index contributed by atoms with van der Waals surface area (Å²) in [6, 6.07) is 2.71. The topological polar surface area (TPSA) is 69.6 Å². The second kappa shape index (κ2) is 5.03. The van der Waals surface area contributed by atoms with E-state index in [0.717, 1.165) is 17.0 Å². The molecule has 0 radical (unpaired) electrons. The number of nitrogens with zero attached hydrogens (tertiary/aromatic N) is 1. The van der Waals surface area contributed by atoms with Crippen molar-refractivity contribution in [1.29, 1.82) is 0 Å². The van der Waals surface area contributed by atoms with Gasteiger partial charge < -0.3 is 15.3 Å². The van der Waals surface area contributed by atoms with Gasteiger partial charge in [-0.3, -0.25) is 0 Å². The molecule has 2 N–H and O–H groups in total. The SMILES string of the molecule is O=C(O)[C@@H]1CNC(=O)N1Cc1ccc(C(F)(F)F)cc1. The average Bonchev–Trinajstić information content (AvgIpc) is 2.71. The number of hydrogen-bond acceptors (Lipinski definition) is 2. The molecule has 20 heavy (non-hydrogen) atoms. The van der Waals surface area contributed by atoms with E-state index in [2.05, 4.69) is 5.32 Å². The van der Waals surface area contributed by atoms with Gasteiger partial charge in [0.1, 0.15) is 6.04 Å². The van der Waals surface area contributed by atoms with Crippen molar-refractivity contribution in [2.24, 2.45) is 0 Å². The third-order valence-corrected chi connectivity index (χ3v) is 3.00. The predicted molar refractivity (Wildman–Crippen MR) is 61.8 cm³/mol. The Kier molecular flexibility index (Phi) is 3.56. The van der Waals surface area contributed by atoms with Gasteiger partial charge in [-0.1, -0.05) is 12.1 Å². The molecule has 0 unspecified atom stereocenters. The van der Waals surface area contributed by atoms with Gasteiger partial charge in [0, 0.05) is 6.54 Å². The van der Waals surface area contributed by atoms with Crippen LogP contribution in [0.5, 0.6) is 0 Å². The molecular weight excluding hydrogens is 277 g/mol. The van der Waals surface area contributed by atoms with Crippen LogP contribution in [0.4, 0.5) is 18.0 Å². The zero-order chi connectivity index (χ0) is 14.9. The Morgan fingerprint density at radius 3 is 2.45 bits per heavy atom. The van der Waals surface area contributed by atoms with Gasteiger partial charge >= 0.3 is 18.2 Å². The highest BCUT2D eigenvalue weighted by molar-refractivity contribution is 5.86. The molecule has 1 aliphatic rings. The van der Waals surface area contributed by atoms with Crippen LogP contribution in [-0.4, -0.2) is 34.6 Å². The van der Waals surface area contributed by atoms with Crippen molar-refractivity contribution in [2.45, 2.75) is 18.8 Å². The standard InChI is InChI=1S/C12H11F3N2O3/c13-12(14,15)8-3-1-7(2-4-8)6-17-9(10(18)19)5-16-11(17)20/h1-4,9H,5-6H2,(H,16,20)(H,18,19)/t9-/m0/s1. The lowest BCUT2D eigenvalue weighted by molar-refractivity contribution is -0.141. The van der Waals surface area contributed by atoms with Crippen molar-refractivity contribution >= 4 is 12.0 Å². The number of alkyl halides is 3. The number of carbonyl (C=O) groups is 2. The summed E-state index contributed by atoms with van der Waals surface area (Å²) in [5, 5.41) is 11.3. The number of carboxylic acid groups (broad SMARTS) is 1. The highest BCUT2D eigenvalue weighted by atomic mass is 19.4.